The van der Waals surface area contributed by atoms with Crippen LogP contribution in [0.4, 0.5) is 0 Å². The van der Waals surface area contributed by atoms with Crippen LogP contribution in [-0.2, 0) is 0 Å². The van der Waals surface area contributed by atoms with E-state index >= 15 is 0 Å². The number of hydrogen-bond donors (Lipinski definition) is 0. The lowest BCUT2D eigenvalue weighted by Gasteiger charge is -2.43. The standard InChI is InChI=1S/C10H13NO2/c12-11(13)5-10-7-2-1-6-3-8(7)9(10)4-6/h5-9H,1-4H2/b10-5+/t6-,7?,8-,9-/m0/s1. The molecular weight excluding hydrogens is 166 g/mol. The molecule has 3 aliphatic rings. The van der Waals surface area contributed by atoms with E-state index in [2.05, 4.69) is 0 Å². The molecule has 0 radical (unpaired) electrons. The minimum atomic E-state index is -0.267. The summed E-state index contributed by atoms with van der Waals surface area (Å²) >= 11 is 0. The topological polar surface area (TPSA) is 43.1 Å². The molecule has 3 rings (SSSR count). The third-order valence-corrected chi connectivity index (χ3v) is 4.22. The first-order valence-corrected chi connectivity index (χ1v) is 5.11. The molecule has 3 fully saturated rings. The maximum Gasteiger partial charge on any atom is 0.234 e. The van der Waals surface area contributed by atoms with Crippen molar-refractivity contribution in [3.05, 3.63) is 21.9 Å². The third kappa shape index (κ3) is 0.901. The van der Waals surface area contributed by atoms with Crippen LogP contribution < -0.4 is 0 Å². The van der Waals surface area contributed by atoms with Gasteiger partial charge in [-0.2, -0.15) is 0 Å². The van der Waals surface area contributed by atoms with Crippen LogP contribution in [0.5, 0.6) is 0 Å². The van der Waals surface area contributed by atoms with Gasteiger partial charge in [-0.3, -0.25) is 10.1 Å². The zero-order valence-corrected chi connectivity index (χ0v) is 7.48. The van der Waals surface area contributed by atoms with Gasteiger partial charge in [-0.15, -0.1) is 0 Å². The number of nitrogens with zero attached hydrogens (tertiary/aromatic N) is 1. The van der Waals surface area contributed by atoms with Crippen LogP contribution in [0.15, 0.2) is 11.8 Å². The highest BCUT2D eigenvalue weighted by molar-refractivity contribution is 5.26. The molecule has 3 nitrogen and oxygen atoms in total. The molecule has 0 heterocycles. The molecule has 0 aromatic heterocycles. The van der Waals surface area contributed by atoms with Crippen molar-refractivity contribution in [3.63, 3.8) is 0 Å². The van der Waals surface area contributed by atoms with Crippen molar-refractivity contribution in [2.24, 2.45) is 23.7 Å². The molecular formula is C10H13NO2. The summed E-state index contributed by atoms with van der Waals surface area (Å²) in [6, 6.07) is 0. The third-order valence-electron chi connectivity index (χ3n) is 4.22. The van der Waals surface area contributed by atoms with Gasteiger partial charge in [0.05, 0.1) is 4.92 Å². The minimum Gasteiger partial charge on any atom is -0.259 e. The molecule has 13 heavy (non-hydrogen) atoms. The lowest BCUT2D eigenvalue weighted by atomic mass is 9.60. The summed E-state index contributed by atoms with van der Waals surface area (Å²) in [6.07, 6.45) is 6.41. The Hall–Kier alpha value is -0.860. The Balaban J connectivity index is 1.90. The lowest BCUT2D eigenvalue weighted by molar-refractivity contribution is -0.405. The van der Waals surface area contributed by atoms with Crippen molar-refractivity contribution in [3.8, 4) is 0 Å². The molecule has 1 unspecified atom stereocenters. The minimum absolute atomic E-state index is 0.267. The molecule has 2 bridgehead atoms. The molecule has 3 heteroatoms. The van der Waals surface area contributed by atoms with E-state index in [1.165, 1.54) is 31.9 Å². The maximum atomic E-state index is 10.4. The first-order chi connectivity index (χ1) is 6.25. The highest BCUT2D eigenvalue weighted by atomic mass is 16.6. The summed E-state index contributed by atoms with van der Waals surface area (Å²) < 4.78 is 0. The fraction of sp³-hybridized carbons (Fsp3) is 0.800. The first-order valence-electron chi connectivity index (χ1n) is 5.11. The zero-order valence-electron chi connectivity index (χ0n) is 7.48. The van der Waals surface area contributed by atoms with Gasteiger partial charge in [-0.25, -0.2) is 0 Å². The summed E-state index contributed by atoms with van der Waals surface area (Å²) in [4.78, 5) is 10.1. The molecule has 0 spiro atoms. The van der Waals surface area contributed by atoms with E-state index in [0.29, 0.717) is 11.8 Å². The number of hydrogen-bond acceptors (Lipinski definition) is 2. The van der Waals surface area contributed by atoms with Crippen LogP contribution in [-0.4, -0.2) is 4.92 Å². The second-order valence-corrected chi connectivity index (χ2v) is 4.71. The fourth-order valence-corrected chi connectivity index (χ4v) is 3.76. The van der Waals surface area contributed by atoms with E-state index in [0.717, 1.165) is 17.4 Å². The molecule has 70 valence electrons. The fourth-order valence-electron chi connectivity index (χ4n) is 3.76. The summed E-state index contributed by atoms with van der Waals surface area (Å²) in [5.74, 6) is 2.91. The summed E-state index contributed by atoms with van der Waals surface area (Å²) in [6.45, 7) is 0. The van der Waals surface area contributed by atoms with Crippen LogP contribution in [0, 0.1) is 33.8 Å². The van der Waals surface area contributed by atoms with Crippen LogP contribution in [0.25, 0.3) is 0 Å². The molecule has 4 atom stereocenters. The van der Waals surface area contributed by atoms with Gasteiger partial charge in [-0.05, 0) is 49.4 Å². The molecule has 0 aromatic rings. The Morgan fingerprint density at radius 1 is 1.31 bits per heavy atom. The van der Waals surface area contributed by atoms with E-state index in [9.17, 15) is 10.1 Å². The van der Waals surface area contributed by atoms with Crippen LogP contribution in [0.3, 0.4) is 0 Å². The lowest BCUT2D eigenvalue weighted by Crippen LogP contribution is -2.37. The summed E-state index contributed by atoms with van der Waals surface area (Å²) in [5.41, 5.74) is 1.16. The average molecular weight is 179 g/mol. The summed E-state index contributed by atoms with van der Waals surface area (Å²) in [5, 5.41) is 10.4. The number of rotatable bonds is 1. The number of nitro groups is 1. The predicted octanol–water partition coefficient (Wildman–Crippen LogP) is 2.21. The van der Waals surface area contributed by atoms with Crippen molar-refractivity contribution in [1.82, 2.24) is 0 Å². The number of allylic oxidation sites excluding steroid dienone is 1. The van der Waals surface area contributed by atoms with Crippen LogP contribution in [0.2, 0.25) is 0 Å². The van der Waals surface area contributed by atoms with Crippen molar-refractivity contribution in [2.45, 2.75) is 25.7 Å². The Morgan fingerprint density at radius 2 is 2.15 bits per heavy atom. The normalized spacial score (nSPS) is 49.1. The monoisotopic (exact) mass is 179 g/mol. The van der Waals surface area contributed by atoms with E-state index < -0.39 is 0 Å². The average Bonchev–Trinajstić information content (AvgIpc) is 2.26. The van der Waals surface area contributed by atoms with Gasteiger partial charge < -0.3 is 0 Å². The van der Waals surface area contributed by atoms with E-state index in [-0.39, 0.29) is 4.92 Å². The molecule has 3 aliphatic carbocycles. The maximum absolute atomic E-state index is 10.4. The van der Waals surface area contributed by atoms with Gasteiger partial charge in [0.2, 0.25) is 6.20 Å². The highest BCUT2D eigenvalue weighted by Gasteiger charge is 2.55. The van der Waals surface area contributed by atoms with Crippen LogP contribution in [0.1, 0.15) is 25.7 Å². The zero-order chi connectivity index (χ0) is 9.00. The van der Waals surface area contributed by atoms with E-state index in [1.54, 1.807) is 0 Å². The molecule has 3 saturated carbocycles. The van der Waals surface area contributed by atoms with Crippen molar-refractivity contribution in [2.75, 3.05) is 0 Å². The van der Waals surface area contributed by atoms with Gasteiger partial charge in [0.25, 0.3) is 0 Å². The molecule has 0 N–H and O–H groups in total. The molecule has 0 aromatic carbocycles. The Bertz CT molecular complexity index is 289. The smallest absolute Gasteiger partial charge is 0.234 e. The predicted molar refractivity (Wildman–Crippen MR) is 47.5 cm³/mol. The van der Waals surface area contributed by atoms with Crippen molar-refractivity contribution < 1.29 is 4.92 Å². The van der Waals surface area contributed by atoms with Crippen molar-refractivity contribution >= 4 is 0 Å². The molecule has 0 aliphatic heterocycles. The first kappa shape index (κ1) is 7.54. The Kier molecular flexibility index (Phi) is 1.35. The van der Waals surface area contributed by atoms with E-state index in [4.69, 9.17) is 0 Å². The van der Waals surface area contributed by atoms with E-state index in [1.807, 2.05) is 0 Å². The second kappa shape index (κ2) is 2.34. The van der Waals surface area contributed by atoms with Crippen LogP contribution >= 0.6 is 0 Å². The summed E-state index contributed by atoms with van der Waals surface area (Å²) in [7, 11) is 0. The van der Waals surface area contributed by atoms with Gasteiger partial charge in [-0.1, -0.05) is 0 Å². The number of fused-ring (bicyclic) bond motifs is 1. The second-order valence-electron chi connectivity index (χ2n) is 4.71. The van der Waals surface area contributed by atoms with Gasteiger partial charge in [0.15, 0.2) is 0 Å². The quantitative estimate of drug-likeness (QED) is 0.457. The van der Waals surface area contributed by atoms with Gasteiger partial charge in [0.1, 0.15) is 0 Å². The Labute approximate surface area is 77.0 Å². The van der Waals surface area contributed by atoms with Gasteiger partial charge >= 0.3 is 0 Å². The Morgan fingerprint density at radius 3 is 2.92 bits per heavy atom. The molecule has 0 amide bonds. The SMILES string of the molecule is O=[N+]([O-])/C=C1\C2CC[C@@H]3C[C@H]1[C@H]2C3. The largest absolute Gasteiger partial charge is 0.259 e. The van der Waals surface area contributed by atoms with Gasteiger partial charge in [0, 0.05) is 5.57 Å². The molecule has 0 saturated heterocycles. The van der Waals surface area contributed by atoms with Crippen molar-refractivity contribution in [1.29, 1.82) is 0 Å². The highest BCUT2D eigenvalue weighted by Crippen LogP contribution is 2.63.